The Morgan fingerprint density at radius 3 is 1.80 bits per heavy atom. The van der Waals surface area contributed by atoms with E-state index in [1.54, 1.807) is 0 Å². The first-order valence-corrected chi connectivity index (χ1v) is 9.84. The molecule has 0 saturated heterocycles. The van der Waals surface area contributed by atoms with Crippen LogP contribution in [0.3, 0.4) is 0 Å². The number of para-hydroxylation sites is 2. The fourth-order valence-corrected chi connectivity index (χ4v) is 2.98. The molecule has 0 radical (unpaired) electrons. The predicted octanol–water partition coefficient (Wildman–Crippen LogP) is 5.43. The van der Waals surface area contributed by atoms with Crippen molar-refractivity contribution in [2.75, 3.05) is 5.43 Å². The maximum atomic E-state index is 4.82. The first-order chi connectivity index (χ1) is 14.9. The topological polar surface area (TPSA) is 39.4 Å². The third-order valence-electron chi connectivity index (χ3n) is 4.48. The summed E-state index contributed by atoms with van der Waals surface area (Å²) in [6, 6.07) is 40.3. The third-order valence-corrected chi connectivity index (χ3v) is 4.48. The molecular weight excluding hydrogens is 368 g/mol. The van der Waals surface area contributed by atoms with E-state index in [2.05, 4.69) is 23.0 Å². The minimum Gasteiger partial charge on any atom is -0.231 e. The zero-order chi connectivity index (χ0) is 20.4. The van der Waals surface area contributed by atoms with Crippen LogP contribution in [0.5, 0.6) is 0 Å². The molecule has 0 aliphatic rings. The Morgan fingerprint density at radius 1 is 0.633 bits per heavy atom. The molecule has 0 heterocycles. The van der Waals surface area contributed by atoms with Crippen molar-refractivity contribution in [3.8, 4) is 0 Å². The van der Waals surface area contributed by atoms with Crippen molar-refractivity contribution >= 4 is 23.4 Å². The van der Waals surface area contributed by atoms with Gasteiger partial charge < -0.3 is 0 Å². The van der Waals surface area contributed by atoms with Crippen molar-refractivity contribution in [2.24, 2.45) is 5.10 Å². The normalized spacial score (nSPS) is 11.7. The van der Waals surface area contributed by atoms with Gasteiger partial charge in [-0.3, -0.25) is 0 Å². The van der Waals surface area contributed by atoms with Crippen LogP contribution >= 0.6 is 0 Å². The van der Waals surface area contributed by atoms with Crippen LogP contribution in [-0.4, -0.2) is 16.7 Å². The van der Waals surface area contributed by atoms with E-state index in [4.69, 9.17) is 5.10 Å². The molecule has 146 valence electrons. The Morgan fingerprint density at radius 2 is 1.17 bits per heavy atom. The summed E-state index contributed by atoms with van der Waals surface area (Å²) in [6.07, 6.45) is 1.86. The van der Waals surface area contributed by atoms with Crippen LogP contribution in [0, 0.1) is 0 Å². The quantitative estimate of drug-likeness (QED) is 0.199. The molecule has 4 aromatic carbocycles. The molecule has 30 heavy (non-hydrogen) atoms. The molecule has 0 aromatic heterocycles. The number of hydrazine groups is 1. The van der Waals surface area contributed by atoms with Crippen molar-refractivity contribution in [3.05, 3.63) is 132 Å². The summed E-state index contributed by atoms with van der Waals surface area (Å²) in [5.41, 5.74) is 10.6. The summed E-state index contributed by atoms with van der Waals surface area (Å²) >= 11 is 0. The summed E-state index contributed by atoms with van der Waals surface area (Å²) in [7, 11) is 0. The fourth-order valence-electron chi connectivity index (χ4n) is 2.98. The highest BCUT2D eigenvalue weighted by molar-refractivity contribution is 5.96. The number of benzene rings is 4. The van der Waals surface area contributed by atoms with E-state index in [1.165, 1.54) is 0 Å². The number of hydrogen-bond acceptors (Lipinski definition) is 2. The Bertz CT molecular complexity index is 1110. The predicted molar refractivity (Wildman–Crippen MR) is 124 cm³/mol. The molecule has 0 atom stereocenters. The highest BCUT2D eigenvalue weighted by Crippen LogP contribution is 2.14. The van der Waals surface area contributed by atoms with Gasteiger partial charge in [0.25, 0.3) is 0 Å². The minimum atomic E-state index is 0.817. The number of nitrogens with one attached hydrogen (secondary N) is 2. The molecule has 0 saturated carbocycles. The number of hydrazone groups is 1. The lowest BCUT2D eigenvalue weighted by Gasteiger charge is -2.10. The zero-order valence-corrected chi connectivity index (χ0v) is 16.5. The van der Waals surface area contributed by atoms with Crippen LogP contribution in [0.2, 0.25) is 0 Å². The van der Waals surface area contributed by atoms with Crippen molar-refractivity contribution in [3.63, 3.8) is 0 Å². The van der Waals surface area contributed by atoms with Gasteiger partial charge in [-0.2, -0.15) is 5.43 Å². The number of hydrogen-bond donors (Lipinski definition) is 2. The molecule has 0 amide bonds. The summed E-state index contributed by atoms with van der Waals surface area (Å²) in [5.74, 6) is 0.817. The molecule has 4 heteroatoms. The molecule has 0 aliphatic carbocycles. The number of nitrogens with zero attached hydrogens (tertiary/aromatic N) is 2. The highest BCUT2D eigenvalue weighted by Gasteiger charge is 2.18. The van der Waals surface area contributed by atoms with Gasteiger partial charge in [-0.15, -0.1) is 0 Å². The van der Waals surface area contributed by atoms with Gasteiger partial charge in [0, 0.05) is 0 Å². The van der Waals surface area contributed by atoms with Crippen LogP contribution in [0.15, 0.2) is 126 Å². The lowest BCUT2D eigenvalue weighted by molar-refractivity contribution is -0.446. The van der Waals surface area contributed by atoms with E-state index in [-0.39, 0.29) is 0 Å². The Hall–Kier alpha value is -4.18. The van der Waals surface area contributed by atoms with Crippen molar-refractivity contribution in [1.82, 2.24) is 5.43 Å². The van der Waals surface area contributed by atoms with Gasteiger partial charge in [0.15, 0.2) is 5.69 Å². The van der Waals surface area contributed by atoms with Crippen molar-refractivity contribution < 1.29 is 4.68 Å². The van der Waals surface area contributed by atoms with E-state index in [1.807, 2.05) is 120 Å². The van der Waals surface area contributed by atoms with Crippen molar-refractivity contribution in [2.45, 2.75) is 0 Å². The standard InChI is InChI=1S/C26H22N4/c1-5-13-22(14-6-1)21-27-30(25-19-11-4-12-20-25)26(23-15-7-2-8-16-23)29-28-24-17-9-3-10-18-24/h1-21,28H/p+1/b27-21-. The van der Waals surface area contributed by atoms with Gasteiger partial charge in [-0.05, 0) is 42.0 Å². The molecular formula is C26H23N4+. The largest absolute Gasteiger partial charge is 0.331 e. The highest BCUT2D eigenvalue weighted by atomic mass is 15.5. The van der Waals surface area contributed by atoms with Gasteiger partial charge in [0.2, 0.25) is 0 Å². The van der Waals surface area contributed by atoms with Crippen LogP contribution in [0.1, 0.15) is 11.1 Å². The third kappa shape index (κ3) is 5.00. The summed E-state index contributed by atoms with van der Waals surface area (Å²) < 4.78 is 1.90. The second-order valence-electron chi connectivity index (χ2n) is 6.63. The van der Waals surface area contributed by atoms with Gasteiger partial charge >= 0.3 is 5.84 Å². The smallest absolute Gasteiger partial charge is 0.231 e. The second kappa shape index (κ2) is 9.85. The SMILES string of the molecule is C(=N/[N+](=C(NNc1ccccc1)c1ccccc1)c1ccccc1)/c1ccccc1. The van der Waals surface area contributed by atoms with Crippen LogP contribution < -0.4 is 10.9 Å². The molecule has 0 unspecified atom stereocenters. The summed E-state index contributed by atoms with van der Waals surface area (Å²) in [5, 5.41) is 4.82. The molecule has 4 aromatic rings. The first kappa shape index (κ1) is 19.2. The minimum absolute atomic E-state index is 0.817. The van der Waals surface area contributed by atoms with Crippen LogP contribution in [0.25, 0.3) is 0 Å². The molecule has 2 N–H and O–H groups in total. The van der Waals surface area contributed by atoms with Gasteiger partial charge in [-0.25, -0.2) is 5.43 Å². The molecule has 0 spiro atoms. The van der Waals surface area contributed by atoms with E-state index >= 15 is 0 Å². The second-order valence-corrected chi connectivity index (χ2v) is 6.63. The van der Waals surface area contributed by atoms with E-state index in [9.17, 15) is 0 Å². The van der Waals surface area contributed by atoms with E-state index < -0.39 is 0 Å². The Kier molecular flexibility index (Phi) is 6.28. The monoisotopic (exact) mass is 391 g/mol. The maximum absolute atomic E-state index is 4.82. The van der Waals surface area contributed by atoms with Crippen LogP contribution in [-0.2, 0) is 0 Å². The fraction of sp³-hybridized carbons (Fsp3) is 0. The van der Waals surface area contributed by atoms with E-state index in [0.29, 0.717) is 0 Å². The van der Waals surface area contributed by atoms with Gasteiger partial charge in [-0.1, -0.05) is 94.7 Å². The number of amidine groups is 1. The molecule has 0 aliphatic heterocycles. The lowest BCUT2D eigenvalue weighted by Crippen LogP contribution is -2.35. The average molecular weight is 391 g/mol. The molecule has 0 fully saturated rings. The Balaban J connectivity index is 1.80. The van der Waals surface area contributed by atoms with E-state index in [0.717, 1.165) is 28.3 Å². The molecule has 0 bridgehead atoms. The van der Waals surface area contributed by atoms with Crippen molar-refractivity contribution in [1.29, 1.82) is 0 Å². The van der Waals surface area contributed by atoms with Crippen LogP contribution in [0.4, 0.5) is 11.4 Å². The average Bonchev–Trinajstić information content (AvgIpc) is 2.83. The van der Waals surface area contributed by atoms with Gasteiger partial charge in [0.05, 0.1) is 17.5 Å². The summed E-state index contributed by atoms with van der Waals surface area (Å²) in [4.78, 5) is 0. The lowest BCUT2D eigenvalue weighted by atomic mass is 10.2. The maximum Gasteiger partial charge on any atom is 0.331 e. The first-order valence-electron chi connectivity index (χ1n) is 9.84. The van der Waals surface area contributed by atoms with Gasteiger partial charge in [0.1, 0.15) is 0 Å². The number of rotatable bonds is 6. The summed E-state index contributed by atoms with van der Waals surface area (Å²) in [6.45, 7) is 0. The zero-order valence-electron chi connectivity index (χ0n) is 16.5. The number of anilines is 1. The molecule has 4 rings (SSSR count). The Labute approximate surface area is 176 Å². The molecule has 4 nitrogen and oxygen atoms in total.